The number of fused-ring (bicyclic) bond motifs is 1. The van der Waals surface area contributed by atoms with Crippen LogP contribution in [0.5, 0.6) is 0 Å². The molecule has 3 fully saturated rings. The van der Waals surface area contributed by atoms with Crippen molar-refractivity contribution in [2.24, 2.45) is 23.2 Å². The monoisotopic (exact) mass is 529 g/mol. The van der Waals surface area contributed by atoms with Gasteiger partial charge in [-0.3, -0.25) is 10.1 Å². The van der Waals surface area contributed by atoms with Gasteiger partial charge < -0.3 is 10.2 Å². The van der Waals surface area contributed by atoms with Gasteiger partial charge in [0.15, 0.2) is 9.84 Å². The second kappa shape index (κ2) is 10.8. The van der Waals surface area contributed by atoms with Crippen LogP contribution in [-0.4, -0.2) is 41.5 Å². The Balaban J connectivity index is 1.44. The number of allylic oxidation sites excluding steroid dienone is 3. The minimum absolute atomic E-state index is 0.0325. The highest BCUT2D eigenvalue weighted by Crippen LogP contribution is 2.59. The first-order valence-electron chi connectivity index (χ1n) is 13.3. The van der Waals surface area contributed by atoms with Crippen LogP contribution in [0.1, 0.15) is 65.2 Å². The molecule has 8 heteroatoms. The molecule has 0 bridgehead atoms. The summed E-state index contributed by atoms with van der Waals surface area (Å²) in [6.07, 6.45) is 9.84. The van der Waals surface area contributed by atoms with Gasteiger partial charge in [-0.05, 0) is 91.4 Å². The van der Waals surface area contributed by atoms with E-state index in [1.807, 2.05) is 6.08 Å². The number of benzene rings is 1. The Bertz CT molecular complexity index is 1200. The Kier molecular flexibility index (Phi) is 8.12. The van der Waals surface area contributed by atoms with Crippen molar-refractivity contribution in [1.29, 1.82) is 0 Å². The van der Waals surface area contributed by atoms with Crippen molar-refractivity contribution in [3.05, 3.63) is 69.8 Å². The van der Waals surface area contributed by atoms with Gasteiger partial charge in [0.2, 0.25) is 0 Å². The lowest BCUT2D eigenvalue weighted by Gasteiger charge is -2.44. The quantitative estimate of drug-likeness (QED) is 0.354. The molecule has 202 valence electrons. The molecule has 2 N–H and O–H groups in total. The van der Waals surface area contributed by atoms with Crippen LogP contribution in [0.2, 0.25) is 0 Å². The summed E-state index contributed by atoms with van der Waals surface area (Å²) in [6.45, 7) is 8.56. The molecule has 3 saturated carbocycles. The lowest BCUT2D eigenvalue weighted by atomic mass is 9.61. The van der Waals surface area contributed by atoms with Crippen LogP contribution in [0.15, 0.2) is 64.6 Å². The molecule has 37 heavy (non-hydrogen) atoms. The van der Waals surface area contributed by atoms with E-state index in [4.69, 9.17) is 0 Å². The summed E-state index contributed by atoms with van der Waals surface area (Å²) in [5.41, 5.74) is 3.03. The third-order valence-electron chi connectivity index (χ3n) is 9.24. The largest absolute Gasteiger partial charge is 0.393 e. The number of hydrogen-bond donors (Lipinski definition) is 2. The molecule has 0 aromatic heterocycles. The Morgan fingerprint density at radius 1 is 1.22 bits per heavy atom. The van der Waals surface area contributed by atoms with Gasteiger partial charge in [-0.15, -0.1) is 0 Å². The van der Waals surface area contributed by atoms with E-state index in [0.29, 0.717) is 36.7 Å². The smallest absolute Gasteiger partial charge is 0.269 e. The highest BCUT2D eigenvalue weighted by molar-refractivity contribution is 7.91. The zero-order chi connectivity index (χ0) is 27.0. The summed E-state index contributed by atoms with van der Waals surface area (Å²) in [7, 11) is -3.51. The molecule has 0 radical (unpaired) electrons. The van der Waals surface area contributed by atoms with Crippen LogP contribution in [-0.2, 0) is 9.84 Å². The van der Waals surface area contributed by atoms with Crippen LogP contribution in [0, 0.1) is 33.3 Å². The number of nitrogens with zero attached hydrogens (tertiary/aromatic N) is 1. The Labute approximate surface area is 220 Å². The van der Waals surface area contributed by atoms with Crippen molar-refractivity contribution in [1.82, 2.24) is 0 Å². The number of nitro groups is 1. The van der Waals surface area contributed by atoms with E-state index < -0.39 is 27.0 Å². The van der Waals surface area contributed by atoms with Crippen LogP contribution in [0.25, 0.3) is 0 Å². The van der Waals surface area contributed by atoms with Gasteiger partial charge in [0, 0.05) is 18.6 Å². The predicted octanol–water partition coefficient (Wildman–Crippen LogP) is 5.54. The lowest BCUT2D eigenvalue weighted by Crippen LogP contribution is -2.36. The average Bonchev–Trinajstić information content (AvgIpc) is 3.21. The van der Waals surface area contributed by atoms with Crippen molar-refractivity contribution >= 4 is 15.5 Å². The Morgan fingerprint density at radius 2 is 1.92 bits per heavy atom. The van der Waals surface area contributed by atoms with Crippen molar-refractivity contribution in [2.45, 2.75) is 82.3 Å². The van der Waals surface area contributed by atoms with Crippen LogP contribution < -0.4 is 0 Å². The molecule has 0 unspecified atom stereocenters. The summed E-state index contributed by atoms with van der Waals surface area (Å²) in [5, 5.41) is 31.1. The fourth-order valence-corrected chi connectivity index (χ4v) is 8.58. The first-order valence-corrected chi connectivity index (χ1v) is 15.0. The summed E-state index contributed by atoms with van der Waals surface area (Å²) in [4.78, 5) is 10.5. The molecule has 0 heterocycles. The predicted molar refractivity (Wildman–Crippen MR) is 144 cm³/mol. The maximum Gasteiger partial charge on any atom is 0.269 e. The minimum atomic E-state index is -3.51. The topological polar surface area (TPSA) is 118 Å². The first kappa shape index (κ1) is 27.7. The molecule has 1 aromatic rings. The maximum atomic E-state index is 12.9. The zero-order valence-corrected chi connectivity index (χ0v) is 22.6. The van der Waals surface area contributed by atoms with Gasteiger partial charge in [0.05, 0.1) is 27.8 Å². The molecule has 0 amide bonds. The van der Waals surface area contributed by atoms with Crippen molar-refractivity contribution < 1.29 is 23.6 Å². The van der Waals surface area contributed by atoms with E-state index in [1.54, 1.807) is 0 Å². The molecule has 0 saturated heterocycles. The number of sulfone groups is 1. The standard InChI is InChI=1S/C29H39NO6S/c1-19(14-16-37(35,36)25-10-8-23(9-11-25)30(33)34)26-12-13-27-21(5-4-15-29(26,27)3)6-7-22-17-24(31)18-28(32)20(22)2/h6-11,19,24,26-28,31-32H,2,4-5,12-18H2,1,3H3/t19-,24+,26-,27+,28-,29-/m1/s1. The normalized spacial score (nSPS) is 33.5. The third-order valence-corrected chi connectivity index (χ3v) is 11.0. The molecule has 0 aliphatic heterocycles. The molecule has 7 nitrogen and oxygen atoms in total. The van der Waals surface area contributed by atoms with E-state index >= 15 is 0 Å². The molecule has 4 rings (SSSR count). The van der Waals surface area contributed by atoms with E-state index in [-0.39, 0.29) is 27.7 Å². The number of aliphatic hydroxyl groups is 2. The average molecular weight is 530 g/mol. The molecule has 0 spiro atoms. The van der Waals surface area contributed by atoms with Crippen molar-refractivity contribution in [2.75, 3.05) is 5.75 Å². The number of nitro benzene ring substituents is 1. The van der Waals surface area contributed by atoms with Gasteiger partial charge in [-0.2, -0.15) is 0 Å². The SMILES string of the molecule is C=C1C(=CC=C2CCC[C@]3(C)[C@@H]([C@H](C)CCS(=O)(=O)c4ccc([N+](=O)[O-])cc4)CC[C@@H]23)C[C@H](O)C[C@H]1O. The summed E-state index contributed by atoms with van der Waals surface area (Å²) < 4.78 is 25.9. The summed E-state index contributed by atoms with van der Waals surface area (Å²) in [6, 6.07) is 5.15. The lowest BCUT2D eigenvalue weighted by molar-refractivity contribution is -0.384. The van der Waals surface area contributed by atoms with E-state index in [2.05, 4.69) is 26.5 Å². The number of non-ortho nitro benzene ring substituents is 1. The van der Waals surface area contributed by atoms with E-state index in [1.165, 1.54) is 29.8 Å². The van der Waals surface area contributed by atoms with Crippen LogP contribution >= 0.6 is 0 Å². The summed E-state index contributed by atoms with van der Waals surface area (Å²) in [5.74, 6) is 1.15. The Morgan fingerprint density at radius 3 is 2.59 bits per heavy atom. The number of hydrogen-bond acceptors (Lipinski definition) is 6. The number of aliphatic hydroxyl groups excluding tert-OH is 2. The fraction of sp³-hybridized carbons (Fsp3) is 0.586. The van der Waals surface area contributed by atoms with E-state index in [0.717, 1.165) is 37.7 Å². The van der Waals surface area contributed by atoms with Crippen molar-refractivity contribution in [3.63, 3.8) is 0 Å². The van der Waals surface area contributed by atoms with Gasteiger partial charge in [0.25, 0.3) is 5.69 Å². The first-order chi connectivity index (χ1) is 17.4. The highest BCUT2D eigenvalue weighted by atomic mass is 32.2. The molecular formula is C29H39NO6S. The minimum Gasteiger partial charge on any atom is -0.393 e. The second-order valence-corrected chi connectivity index (χ2v) is 13.6. The molecule has 3 aliphatic carbocycles. The van der Waals surface area contributed by atoms with Gasteiger partial charge in [-0.25, -0.2) is 8.42 Å². The Hall–Kier alpha value is -2.29. The van der Waals surface area contributed by atoms with E-state index in [9.17, 15) is 28.7 Å². The summed E-state index contributed by atoms with van der Waals surface area (Å²) >= 11 is 0. The molecule has 3 aliphatic rings. The van der Waals surface area contributed by atoms with Crippen molar-refractivity contribution in [3.8, 4) is 0 Å². The fourth-order valence-electron chi connectivity index (χ4n) is 7.11. The third kappa shape index (κ3) is 5.76. The van der Waals surface area contributed by atoms with Crippen LogP contribution in [0.3, 0.4) is 0 Å². The zero-order valence-electron chi connectivity index (χ0n) is 21.8. The highest BCUT2D eigenvalue weighted by Gasteiger charge is 2.50. The molecular weight excluding hydrogens is 490 g/mol. The van der Waals surface area contributed by atoms with Gasteiger partial charge in [-0.1, -0.05) is 38.2 Å². The molecule has 6 atom stereocenters. The number of rotatable bonds is 7. The van der Waals surface area contributed by atoms with Gasteiger partial charge in [0.1, 0.15) is 0 Å². The van der Waals surface area contributed by atoms with Gasteiger partial charge >= 0.3 is 0 Å². The second-order valence-electron chi connectivity index (χ2n) is 11.5. The molecule has 1 aromatic carbocycles. The van der Waals surface area contributed by atoms with Crippen LogP contribution in [0.4, 0.5) is 5.69 Å². The maximum absolute atomic E-state index is 12.9.